The van der Waals surface area contributed by atoms with Gasteiger partial charge in [-0.3, -0.25) is 9.29 Å². The second kappa shape index (κ2) is 5.87. The lowest BCUT2D eigenvalue weighted by atomic mass is 9.86. The maximum absolute atomic E-state index is 12.5. The Morgan fingerprint density at radius 2 is 2.17 bits per heavy atom. The smallest absolute Gasteiger partial charge is 0.0906 e. The molecule has 2 fully saturated rings. The Morgan fingerprint density at radius 1 is 1.44 bits per heavy atom. The number of rotatable bonds is 6. The molecule has 3 heteroatoms. The van der Waals surface area contributed by atoms with Crippen molar-refractivity contribution >= 4 is 0 Å². The number of hydrogen-bond donors (Lipinski definition) is 1. The minimum Gasteiger partial charge on any atom is -0.311 e. The second-order valence-electron chi connectivity index (χ2n) is 6.49. The van der Waals surface area contributed by atoms with E-state index in [1.807, 2.05) is 0 Å². The van der Waals surface area contributed by atoms with Gasteiger partial charge in [-0.2, -0.15) is 0 Å². The number of halogens is 1. The van der Waals surface area contributed by atoms with E-state index in [9.17, 15) is 4.39 Å². The molecule has 0 amide bonds. The van der Waals surface area contributed by atoms with Gasteiger partial charge in [0.1, 0.15) is 0 Å². The van der Waals surface area contributed by atoms with Crippen LogP contribution in [0.15, 0.2) is 0 Å². The molecule has 0 radical (unpaired) electrons. The minimum atomic E-state index is -0.182. The summed E-state index contributed by atoms with van der Waals surface area (Å²) >= 11 is 0. The van der Waals surface area contributed by atoms with Gasteiger partial charge < -0.3 is 5.32 Å². The van der Waals surface area contributed by atoms with Gasteiger partial charge in [-0.1, -0.05) is 20.3 Å². The number of nitrogens with one attached hydrogen (secondary N) is 1. The van der Waals surface area contributed by atoms with Gasteiger partial charge in [0, 0.05) is 31.2 Å². The molecule has 1 saturated heterocycles. The highest BCUT2D eigenvalue weighted by Crippen LogP contribution is 2.44. The fraction of sp³-hybridized carbons (Fsp3) is 1.00. The van der Waals surface area contributed by atoms with E-state index < -0.39 is 0 Å². The summed E-state index contributed by atoms with van der Waals surface area (Å²) in [7, 11) is 0. The number of nitrogens with zero attached hydrogens (tertiary/aromatic N) is 1. The molecular weight excluding hydrogens is 227 g/mol. The first-order valence-corrected chi connectivity index (χ1v) is 7.66. The molecule has 0 bridgehead atoms. The monoisotopic (exact) mass is 256 g/mol. The van der Waals surface area contributed by atoms with E-state index in [0.29, 0.717) is 18.4 Å². The number of hydrogen-bond acceptors (Lipinski definition) is 2. The summed E-state index contributed by atoms with van der Waals surface area (Å²) in [5.74, 6) is 1.55. The third kappa shape index (κ3) is 2.88. The summed E-state index contributed by atoms with van der Waals surface area (Å²) in [6.45, 7) is 9.89. The molecule has 2 rings (SSSR count). The van der Waals surface area contributed by atoms with Gasteiger partial charge in [0.25, 0.3) is 0 Å². The van der Waals surface area contributed by atoms with E-state index in [0.717, 1.165) is 25.6 Å². The summed E-state index contributed by atoms with van der Waals surface area (Å²) < 4.78 is 12.5. The highest BCUT2D eigenvalue weighted by molar-refractivity contribution is 5.05. The van der Waals surface area contributed by atoms with Crippen LogP contribution in [-0.2, 0) is 0 Å². The van der Waals surface area contributed by atoms with Crippen LogP contribution < -0.4 is 5.32 Å². The fourth-order valence-electron chi connectivity index (χ4n) is 3.33. The lowest BCUT2D eigenvalue weighted by molar-refractivity contribution is 0.0214. The van der Waals surface area contributed by atoms with E-state index >= 15 is 0 Å². The largest absolute Gasteiger partial charge is 0.311 e. The Morgan fingerprint density at radius 3 is 2.72 bits per heavy atom. The summed E-state index contributed by atoms with van der Waals surface area (Å²) in [5, 5.41) is 3.75. The SMILES string of the molecule is CCC(C)C1CN(CCCF)C(C)(C2CC2)CN1. The summed E-state index contributed by atoms with van der Waals surface area (Å²) in [5.41, 5.74) is 0.277. The van der Waals surface area contributed by atoms with Crippen LogP contribution in [0.2, 0.25) is 0 Å². The molecule has 0 spiro atoms. The number of piperazine rings is 1. The lowest BCUT2D eigenvalue weighted by Crippen LogP contribution is -2.65. The third-order valence-electron chi connectivity index (χ3n) is 5.21. The van der Waals surface area contributed by atoms with Crippen LogP contribution >= 0.6 is 0 Å². The zero-order valence-corrected chi connectivity index (χ0v) is 12.2. The second-order valence-corrected chi connectivity index (χ2v) is 6.49. The molecule has 3 unspecified atom stereocenters. The van der Waals surface area contributed by atoms with Crippen LogP contribution in [0.4, 0.5) is 4.39 Å². The lowest BCUT2D eigenvalue weighted by Gasteiger charge is -2.50. The molecular formula is C15H29FN2. The van der Waals surface area contributed by atoms with Gasteiger partial charge in [0.15, 0.2) is 0 Å². The van der Waals surface area contributed by atoms with Gasteiger partial charge in [-0.15, -0.1) is 0 Å². The van der Waals surface area contributed by atoms with Gasteiger partial charge >= 0.3 is 0 Å². The molecule has 1 saturated carbocycles. The van der Waals surface area contributed by atoms with Gasteiger partial charge in [0.2, 0.25) is 0 Å². The Balaban J connectivity index is 2.00. The average molecular weight is 256 g/mol. The van der Waals surface area contributed by atoms with Crippen molar-refractivity contribution in [3.63, 3.8) is 0 Å². The van der Waals surface area contributed by atoms with Crippen LogP contribution in [0.25, 0.3) is 0 Å². The van der Waals surface area contributed by atoms with Gasteiger partial charge in [-0.05, 0) is 38.0 Å². The van der Waals surface area contributed by atoms with Crippen LogP contribution in [0.3, 0.4) is 0 Å². The van der Waals surface area contributed by atoms with E-state index in [1.54, 1.807) is 0 Å². The third-order valence-corrected chi connectivity index (χ3v) is 5.21. The quantitative estimate of drug-likeness (QED) is 0.786. The predicted octanol–water partition coefficient (Wildman–Crippen LogP) is 2.83. The highest BCUT2D eigenvalue weighted by Gasteiger charge is 2.48. The maximum Gasteiger partial charge on any atom is 0.0906 e. The normalized spacial score (nSPS) is 35.7. The fourth-order valence-corrected chi connectivity index (χ4v) is 3.33. The van der Waals surface area contributed by atoms with Crippen molar-refractivity contribution in [1.29, 1.82) is 0 Å². The van der Waals surface area contributed by atoms with Crippen molar-refractivity contribution in [2.45, 2.75) is 58.0 Å². The topological polar surface area (TPSA) is 15.3 Å². The molecule has 0 aromatic rings. The molecule has 106 valence electrons. The first-order valence-electron chi connectivity index (χ1n) is 7.66. The van der Waals surface area contributed by atoms with Crippen LogP contribution in [0.5, 0.6) is 0 Å². The van der Waals surface area contributed by atoms with Gasteiger partial charge in [-0.25, -0.2) is 0 Å². The van der Waals surface area contributed by atoms with Crippen molar-refractivity contribution in [1.82, 2.24) is 10.2 Å². The van der Waals surface area contributed by atoms with Crippen molar-refractivity contribution in [2.75, 3.05) is 26.3 Å². The molecule has 1 heterocycles. The Kier molecular flexibility index (Phi) is 4.65. The predicted molar refractivity (Wildman–Crippen MR) is 74.5 cm³/mol. The summed E-state index contributed by atoms with van der Waals surface area (Å²) in [4.78, 5) is 2.58. The molecule has 18 heavy (non-hydrogen) atoms. The van der Waals surface area contributed by atoms with Crippen LogP contribution in [0, 0.1) is 11.8 Å². The standard InChI is InChI=1S/C15H29FN2/c1-4-12(2)14-10-18(9-5-8-16)15(3,11-17-14)13-6-7-13/h12-14,17H,4-11H2,1-3H3. The molecule has 2 aliphatic rings. The van der Waals surface area contributed by atoms with Crippen molar-refractivity contribution < 1.29 is 4.39 Å². The van der Waals surface area contributed by atoms with Crippen molar-refractivity contribution in [3.8, 4) is 0 Å². The number of alkyl halides is 1. The van der Waals surface area contributed by atoms with Crippen molar-refractivity contribution in [3.05, 3.63) is 0 Å². The Bertz CT molecular complexity index is 267. The zero-order chi connectivity index (χ0) is 13.2. The maximum atomic E-state index is 12.5. The van der Waals surface area contributed by atoms with E-state index in [1.165, 1.54) is 19.3 Å². The van der Waals surface area contributed by atoms with E-state index in [4.69, 9.17) is 0 Å². The zero-order valence-electron chi connectivity index (χ0n) is 12.2. The summed E-state index contributed by atoms with van der Waals surface area (Å²) in [6.07, 6.45) is 4.63. The van der Waals surface area contributed by atoms with E-state index in [-0.39, 0.29) is 12.2 Å². The Hall–Kier alpha value is -0.150. The molecule has 0 aromatic carbocycles. The minimum absolute atomic E-state index is 0.182. The van der Waals surface area contributed by atoms with Gasteiger partial charge in [0.05, 0.1) is 6.67 Å². The van der Waals surface area contributed by atoms with Crippen LogP contribution in [-0.4, -0.2) is 42.8 Å². The average Bonchev–Trinajstić information content (AvgIpc) is 3.21. The van der Waals surface area contributed by atoms with Crippen LogP contribution in [0.1, 0.15) is 46.5 Å². The first-order chi connectivity index (χ1) is 8.61. The molecule has 3 atom stereocenters. The molecule has 2 nitrogen and oxygen atoms in total. The highest BCUT2D eigenvalue weighted by atomic mass is 19.1. The molecule has 1 aliphatic carbocycles. The van der Waals surface area contributed by atoms with Crippen molar-refractivity contribution in [2.24, 2.45) is 11.8 Å². The van der Waals surface area contributed by atoms with E-state index in [2.05, 4.69) is 31.0 Å². The first kappa shape index (κ1) is 14.3. The molecule has 1 aliphatic heterocycles. The molecule has 0 aromatic heterocycles. The summed E-state index contributed by atoms with van der Waals surface area (Å²) in [6, 6.07) is 0.585. The Labute approximate surface area is 111 Å². The molecule has 1 N–H and O–H groups in total.